The molecule has 1 N–H and O–H groups in total. The summed E-state index contributed by atoms with van der Waals surface area (Å²) in [6.45, 7) is 1.48. The van der Waals surface area contributed by atoms with E-state index in [1.54, 1.807) is 31.2 Å². The summed E-state index contributed by atoms with van der Waals surface area (Å²) in [5.74, 6) is 0.696. The molecule has 0 aromatic heterocycles. The van der Waals surface area contributed by atoms with Gasteiger partial charge in [0.25, 0.3) is 5.91 Å². The predicted octanol–water partition coefficient (Wildman–Crippen LogP) is 3.11. The Morgan fingerprint density at radius 3 is 2.63 bits per heavy atom. The molecule has 27 heavy (non-hydrogen) atoms. The minimum absolute atomic E-state index is 0.170. The zero-order valence-corrected chi connectivity index (χ0v) is 15.9. The highest BCUT2D eigenvalue weighted by Crippen LogP contribution is 2.36. The first-order valence-corrected chi connectivity index (χ1v) is 8.60. The normalized spacial score (nSPS) is 15.6. The Kier molecular flexibility index (Phi) is 5.41. The molecule has 0 bridgehead atoms. The van der Waals surface area contributed by atoms with Crippen molar-refractivity contribution in [2.75, 3.05) is 31.0 Å². The fourth-order valence-electron chi connectivity index (χ4n) is 2.81. The molecule has 8 heteroatoms. The summed E-state index contributed by atoms with van der Waals surface area (Å²) < 4.78 is 16.0. The molecule has 0 saturated carbocycles. The first kappa shape index (κ1) is 18.8. The number of nitrogens with zero attached hydrogens (tertiary/aromatic N) is 1. The third-order valence-electron chi connectivity index (χ3n) is 4.12. The van der Waals surface area contributed by atoms with E-state index < -0.39 is 12.0 Å². The molecule has 0 saturated heterocycles. The Labute approximate surface area is 161 Å². The average Bonchev–Trinajstić information content (AvgIpc) is 2.65. The zero-order chi connectivity index (χ0) is 19.6. The van der Waals surface area contributed by atoms with Crippen molar-refractivity contribution in [2.45, 2.75) is 13.0 Å². The van der Waals surface area contributed by atoms with Gasteiger partial charge in [-0.25, -0.2) is 0 Å². The standard InChI is InChI=1S/C19H19ClN2O5/c1-11-19(24)22(14-6-4-5-7-15(14)27-11)10-18(23)21-13-8-12(20)16(25-2)9-17(13)26-3/h4-9,11H,10H2,1-3H3,(H,21,23). The molecule has 1 unspecified atom stereocenters. The smallest absolute Gasteiger partial charge is 0.268 e. The van der Waals surface area contributed by atoms with E-state index in [4.69, 9.17) is 25.8 Å². The molecule has 0 aliphatic carbocycles. The van der Waals surface area contributed by atoms with Gasteiger partial charge in [0.15, 0.2) is 6.10 Å². The Morgan fingerprint density at radius 1 is 1.22 bits per heavy atom. The number of halogens is 1. The van der Waals surface area contributed by atoms with Crippen LogP contribution >= 0.6 is 11.6 Å². The van der Waals surface area contributed by atoms with Crippen LogP contribution in [0, 0.1) is 0 Å². The minimum atomic E-state index is -0.669. The van der Waals surface area contributed by atoms with Crippen LogP contribution in [0.4, 0.5) is 11.4 Å². The Morgan fingerprint density at radius 2 is 1.93 bits per heavy atom. The average molecular weight is 391 g/mol. The minimum Gasteiger partial charge on any atom is -0.495 e. The molecular formula is C19H19ClN2O5. The SMILES string of the molecule is COc1cc(OC)c(NC(=O)CN2C(=O)C(C)Oc3ccccc32)cc1Cl. The second-order valence-corrected chi connectivity index (χ2v) is 6.29. The molecule has 3 rings (SSSR count). The monoisotopic (exact) mass is 390 g/mol. The molecule has 0 fully saturated rings. The largest absolute Gasteiger partial charge is 0.495 e. The quantitative estimate of drug-likeness (QED) is 0.848. The van der Waals surface area contributed by atoms with Crippen molar-refractivity contribution >= 4 is 34.8 Å². The zero-order valence-electron chi connectivity index (χ0n) is 15.1. The molecule has 2 aromatic rings. The lowest BCUT2D eigenvalue weighted by atomic mass is 10.2. The summed E-state index contributed by atoms with van der Waals surface area (Å²) in [5.41, 5.74) is 0.936. The predicted molar refractivity (Wildman–Crippen MR) is 102 cm³/mol. The lowest BCUT2D eigenvalue weighted by Gasteiger charge is -2.32. The molecular weight excluding hydrogens is 372 g/mol. The van der Waals surface area contributed by atoms with Gasteiger partial charge in [0, 0.05) is 6.07 Å². The van der Waals surface area contributed by atoms with Crippen LogP contribution in [0.25, 0.3) is 0 Å². The number of carbonyl (C=O) groups excluding carboxylic acids is 2. The van der Waals surface area contributed by atoms with Gasteiger partial charge in [0.1, 0.15) is 23.8 Å². The highest BCUT2D eigenvalue weighted by molar-refractivity contribution is 6.32. The van der Waals surface area contributed by atoms with E-state index in [1.165, 1.54) is 25.2 Å². The van der Waals surface area contributed by atoms with Gasteiger partial charge in [-0.15, -0.1) is 0 Å². The van der Waals surface area contributed by atoms with Crippen molar-refractivity contribution in [3.8, 4) is 17.2 Å². The van der Waals surface area contributed by atoms with Crippen molar-refractivity contribution in [1.29, 1.82) is 0 Å². The van der Waals surface area contributed by atoms with Gasteiger partial charge >= 0.3 is 0 Å². The van der Waals surface area contributed by atoms with Crippen LogP contribution in [-0.4, -0.2) is 38.7 Å². The number of methoxy groups -OCH3 is 2. The fraction of sp³-hybridized carbons (Fsp3) is 0.263. The van der Waals surface area contributed by atoms with Crippen LogP contribution in [-0.2, 0) is 9.59 Å². The third-order valence-corrected chi connectivity index (χ3v) is 4.42. The molecule has 0 radical (unpaired) electrons. The summed E-state index contributed by atoms with van der Waals surface area (Å²) in [6, 6.07) is 10.2. The van der Waals surface area contributed by atoms with Gasteiger partial charge in [-0.2, -0.15) is 0 Å². The topological polar surface area (TPSA) is 77.1 Å². The van der Waals surface area contributed by atoms with Gasteiger partial charge < -0.3 is 19.5 Å². The second kappa shape index (κ2) is 7.75. The number of para-hydroxylation sites is 2. The number of hydrogen-bond acceptors (Lipinski definition) is 5. The Balaban J connectivity index is 1.82. The molecule has 142 valence electrons. The third kappa shape index (κ3) is 3.78. The first-order valence-electron chi connectivity index (χ1n) is 8.23. The van der Waals surface area contributed by atoms with Crippen molar-refractivity contribution in [2.24, 2.45) is 0 Å². The number of hydrogen-bond donors (Lipinski definition) is 1. The van der Waals surface area contributed by atoms with Crippen molar-refractivity contribution in [3.63, 3.8) is 0 Å². The molecule has 7 nitrogen and oxygen atoms in total. The number of fused-ring (bicyclic) bond motifs is 1. The van der Waals surface area contributed by atoms with Crippen LogP contribution in [0.2, 0.25) is 5.02 Å². The lowest BCUT2D eigenvalue weighted by Crippen LogP contribution is -2.47. The maximum atomic E-state index is 12.6. The number of ether oxygens (including phenoxy) is 3. The van der Waals surface area contributed by atoms with E-state index in [9.17, 15) is 9.59 Å². The maximum absolute atomic E-state index is 12.6. The molecule has 1 aliphatic heterocycles. The molecule has 1 aliphatic rings. The Bertz CT molecular complexity index is 886. The van der Waals surface area contributed by atoms with E-state index in [2.05, 4.69) is 5.32 Å². The van der Waals surface area contributed by atoms with Gasteiger partial charge in [-0.05, 0) is 25.1 Å². The van der Waals surface area contributed by atoms with Crippen LogP contribution in [0.3, 0.4) is 0 Å². The number of carbonyl (C=O) groups is 2. The molecule has 2 amide bonds. The first-order chi connectivity index (χ1) is 12.9. The molecule has 1 atom stereocenters. The van der Waals surface area contributed by atoms with Gasteiger partial charge in [0.05, 0.1) is 30.6 Å². The Hall–Kier alpha value is -2.93. The second-order valence-electron chi connectivity index (χ2n) is 5.89. The number of amides is 2. The molecule has 1 heterocycles. The van der Waals surface area contributed by atoms with Crippen molar-refractivity contribution in [3.05, 3.63) is 41.4 Å². The van der Waals surface area contributed by atoms with Gasteiger partial charge in [-0.3, -0.25) is 14.5 Å². The fourth-order valence-corrected chi connectivity index (χ4v) is 3.05. The lowest BCUT2D eigenvalue weighted by molar-refractivity contribution is -0.127. The number of anilines is 2. The van der Waals surface area contributed by atoms with E-state index in [0.29, 0.717) is 33.6 Å². The summed E-state index contributed by atoms with van der Waals surface area (Å²) in [6.07, 6.45) is -0.669. The molecule has 2 aromatic carbocycles. The van der Waals surface area contributed by atoms with E-state index in [-0.39, 0.29) is 12.5 Å². The van der Waals surface area contributed by atoms with Gasteiger partial charge in [0.2, 0.25) is 5.91 Å². The molecule has 0 spiro atoms. The van der Waals surface area contributed by atoms with Crippen LogP contribution in [0.15, 0.2) is 36.4 Å². The van der Waals surface area contributed by atoms with Crippen molar-refractivity contribution < 1.29 is 23.8 Å². The van der Waals surface area contributed by atoms with E-state index in [0.717, 1.165) is 0 Å². The number of rotatable bonds is 5. The maximum Gasteiger partial charge on any atom is 0.268 e. The highest BCUT2D eigenvalue weighted by Gasteiger charge is 2.32. The summed E-state index contributed by atoms with van der Waals surface area (Å²) in [5, 5.41) is 3.06. The summed E-state index contributed by atoms with van der Waals surface area (Å²) in [7, 11) is 2.96. The van der Waals surface area contributed by atoms with E-state index >= 15 is 0 Å². The van der Waals surface area contributed by atoms with Crippen LogP contribution in [0.1, 0.15) is 6.92 Å². The van der Waals surface area contributed by atoms with Gasteiger partial charge in [-0.1, -0.05) is 23.7 Å². The number of nitrogens with one attached hydrogen (secondary N) is 1. The van der Waals surface area contributed by atoms with Crippen molar-refractivity contribution in [1.82, 2.24) is 0 Å². The summed E-state index contributed by atoms with van der Waals surface area (Å²) in [4.78, 5) is 26.5. The summed E-state index contributed by atoms with van der Waals surface area (Å²) >= 11 is 6.13. The highest BCUT2D eigenvalue weighted by atomic mass is 35.5. The van der Waals surface area contributed by atoms with Crippen LogP contribution < -0.4 is 24.4 Å². The van der Waals surface area contributed by atoms with Crippen LogP contribution in [0.5, 0.6) is 17.2 Å². The van der Waals surface area contributed by atoms with E-state index in [1.807, 2.05) is 6.07 Å². The number of benzene rings is 2.